The molecule has 0 radical (unpaired) electrons. The number of anilines is 1. The number of hydrogen-bond donors (Lipinski definition) is 5. The lowest BCUT2D eigenvalue weighted by Gasteiger charge is -2.37. The van der Waals surface area contributed by atoms with E-state index in [0.717, 1.165) is 6.33 Å². The minimum atomic E-state index is -4.49. The number of rotatable bonds is 9. The Kier molecular flexibility index (Phi) is 7.23. The summed E-state index contributed by atoms with van der Waals surface area (Å²) in [4.78, 5) is 25.1. The van der Waals surface area contributed by atoms with E-state index in [1.54, 1.807) is 20.8 Å². The number of aliphatic hydroxyl groups excluding tert-OH is 2. The Morgan fingerprint density at radius 1 is 1.32 bits per heavy atom. The van der Waals surface area contributed by atoms with Gasteiger partial charge >= 0.3 is 7.60 Å². The van der Waals surface area contributed by atoms with E-state index < -0.39 is 43.1 Å². The van der Waals surface area contributed by atoms with Crippen LogP contribution in [0.25, 0.3) is 21.6 Å². The minimum absolute atomic E-state index is 0.0105. The van der Waals surface area contributed by atoms with Crippen LogP contribution in [0.4, 0.5) is 11.8 Å². The fourth-order valence-electron chi connectivity index (χ4n) is 3.64. The van der Waals surface area contributed by atoms with Crippen molar-refractivity contribution in [3.63, 3.8) is 0 Å². The normalized spacial score (nSPS) is 28.1. The standard InChI is InChI=1S/C18H29N8O7P/c1-5-17(3,33-34(30,31)18(4,29)6-2)7-9-11(27)12(28)15(32-9)26-14-10(13(19)21-8-22-14)23-16(26)24-25-20/h8-9,11-12,15,27-29H,5-7H2,1-4H3,(H,30,31)(H2,19,21,22)/t9-,11-,12-,15?,17?,18-/m1/s1. The van der Waals surface area contributed by atoms with Crippen molar-refractivity contribution < 1.29 is 34.0 Å². The molecule has 0 amide bonds. The average Bonchev–Trinajstić information content (AvgIpc) is 3.26. The highest BCUT2D eigenvalue weighted by atomic mass is 31.2. The van der Waals surface area contributed by atoms with Gasteiger partial charge in [0, 0.05) is 11.3 Å². The monoisotopic (exact) mass is 500 g/mol. The van der Waals surface area contributed by atoms with E-state index in [9.17, 15) is 24.8 Å². The van der Waals surface area contributed by atoms with E-state index in [2.05, 4.69) is 25.0 Å². The second-order valence-electron chi connectivity index (χ2n) is 8.64. The number of hydrogen-bond acceptors (Lipinski definition) is 11. The van der Waals surface area contributed by atoms with Gasteiger partial charge in [0.25, 0.3) is 0 Å². The van der Waals surface area contributed by atoms with Crippen LogP contribution in [-0.2, 0) is 13.8 Å². The number of aliphatic hydroxyl groups is 3. The molecule has 1 aliphatic rings. The molecule has 1 aliphatic heterocycles. The molecule has 34 heavy (non-hydrogen) atoms. The molecule has 2 aromatic rings. The molecule has 1 fully saturated rings. The van der Waals surface area contributed by atoms with Gasteiger partial charge in [-0.3, -0.25) is 9.13 Å². The second kappa shape index (κ2) is 9.36. The van der Waals surface area contributed by atoms with Gasteiger partial charge in [0.2, 0.25) is 5.95 Å². The van der Waals surface area contributed by atoms with Crippen LogP contribution in [-0.4, -0.2) is 69.0 Å². The first-order chi connectivity index (χ1) is 15.8. The van der Waals surface area contributed by atoms with Gasteiger partial charge < -0.3 is 35.2 Å². The first kappa shape index (κ1) is 26.3. The number of aromatic nitrogens is 4. The molecule has 3 rings (SSSR count). The number of ether oxygens (including phenoxy) is 1. The summed E-state index contributed by atoms with van der Waals surface area (Å²) in [5.41, 5.74) is 13.7. The van der Waals surface area contributed by atoms with Gasteiger partial charge in [-0.2, -0.15) is 0 Å². The summed E-state index contributed by atoms with van der Waals surface area (Å²) in [6, 6.07) is 0. The van der Waals surface area contributed by atoms with Crippen LogP contribution >= 0.6 is 7.60 Å². The fourth-order valence-corrected chi connectivity index (χ4v) is 5.04. The van der Waals surface area contributed by atoms with E-state index in [4.69, 9.17) is 20.5 Å². The Labute approximate surface area is 194 Å². The van der Waals surface area contributed by atoms with Crippen LogP contribution in [0.2, 0.25) is 0 Å². The van der Waals surface area contributed by atoms with Crippen LogP contribution < -0.4 is 5.73 Å². The molecule has 2 aromatic heterocycles. The lowest BCUT2D eigenvalue weighted by molar-refractivity contribution is -0.0684. The van der Waals surface area contributed by atoms with Crippen molar-refractivity contribution in [1.82, 2.24) is 19.5 Å². The van der Waals surface area contributed by atoms with Gasteiger partial charge in [-0.1, -0.05) is 13.8 Å². The highest BCUT2D eigenvalue weighted by Crippen LogP contribution is 2.59. The maximum absolute atomic E-state index is 12.8. The molecule has 6 N–H and O–H groups in total. The highest BCUT2D eigenvalue weighted by molar-refractivity contribution is 7.54. The second-order valence-corrected chi connectivity index (χ2v) is 10.8. The van der Waals surface area contributed by atoms with Crippen LogP contribution in [0.5, 0.6) is 0 Å². The minimum Gasteiger partial charge on any atom is -0.388 e. The van der Waals surface area contributed by atoms with Crippen LogP contribution in [0, 0.1) is 0 Å². The van der Waals surface area contributed by atoms with E-state index in [0.29, 0.717) is 0 Å². The predicted molar refractivity (Wildman–Crippen MR) is 120 cm³/mol. The molecule has 15 nitrogen and oxygen atoms in total. The third-order valence-corrected chi connectivity index (χ3v) is 8.44. The molecule has 0 bridgehead atoms. The van der Waals surface area contributed by atoms with Crippen molar-refractivity contribution in [1.29, 1.82) is 0 Å². The summed E-state index contributed by atoms with van der Waals surface area (Å²) in [6.07, 6.45) is -4.04. The maximum atomic E-state index is 12.8. The largest absolute Gasteiger partial charge is 0.388 e. The molecule has 188 valence electrons. The summed E-state index contributed by atoms with van der Waals surface area (Å²) < 4.78 is 25.4. The summed E-state index contributed by atoms with van der Waals surface area (Å²) in [6.45, 7) is 6.01. The van der Waals surface area contributed by atoms with Gasteiger partial charge in [0.15, 0.2) is 28.6 Å². The topological polar surface area (TPSA) is 235 Å². The molecule has 16 heteroatoms. The third kappa shape index (κ3) is 4.61. The SMILES string of the molecule is CCC(C)(C[C@H]1OC(n2c(N=[N+]=[N-])nc3c(N)ncnc32)[C@H](O)[C@@H]1O)OP(=O)(O)[C@@](C)(O)CC. The summed E-state index contributed by atoms with van der Waals surface area (Å²) in [7, 11) is -4.49. The summed E-state index contributed by atoms with van der Waals surface area (Å²) in [5, 5.41) is 33.3. The van der Waals surface area contributed by atoms with E-state index in [1.165, 1.54) is 11.5 Å². The van der Waals surface area contributed by atoms with Gasteiger partial charge in [-0.15, -0.1) is 0 Å². The van der Waals surface area contributed by atoms with Gasteiger partial charge in [-0.05, 0) is 37.3 Å². The summed E-state index contributed by atoms with van der Waals surface area (Å²) >= 11 is 0. The Bertz CT molecular complexity index is 1150. The molecule has 0 saturated carbocycles. The van der Waals surface area contributed by atoms with Crippen LogP contribution in [0.3, 0.4) is 0 Å². The number of fused-ring (bicyclic) bond motifs is 1. The predicted octanol–water partition coefficient (Wildman–Crippen LogP) is 1.85. The zero-order valence-electron chi connectivity index (χ0n) is 19.2. The van der Waals surface area contributed by atoms with E-state index >= 15 is 0 Å². The molecule has 0 spiro atoms. The van der Waals surface area contributed by atoms with Crippen molar-refractivity contribution in [3.05, 3.63) is 16.8 Å². The zero-order chi connectivity index (χ0) is 25.5. The molecular weight excluding hydrogens is 471 g/mol. The Hall–Kier alpha value is -2.35. The smallest absolute Gasteiger partial charge is 0.359 e. The molecule has 3 unspecified atom stereocenters. The lowest BCUT2D eigenvalue weighted by Crippen LogP contribution is -2.40. The van der Waals surface area contributed by atoms with Crippen LogP contribution in [0.1, 0.15) is 53.2 Å². The summed E-state index contributed by atoms with van der Waals surface area (Å²) in [5.74, 6) is -0.202. The van der Waals surface area contributed by atoms with E-state index in [1.807, 2.05) is 0 Å². The Morgan fingerprint density at radius 3 is 2.59 bits per heavy atom. The van der Waals surface area contributed by atoms with Crippen molar-refractivity contribution in [2.24, 2.45) is 5.11 Å². The number of nitrogens with two attached hydrogens (primary N) is 1. The number of azide groups is 1. The molecule has 0 aliphatic carbocycles. The Balaban J connectivity index is 1.94. The highest BCUT2D eigenvalue weighted by Gasteiger charge is 2.51. The van der Waals surface area contributed by atoms with Crippen molar-refractivity contribution in [3.8, 4) is 0 Å². The lowest BCUT2D eigenvalue weighted by atomic mass is 9.93. The molecule has 0 aromatic carbocycles. The van der Waals surface area contributed by atoms with E-state index in [-0.39, 0.29) is 42.2 Å². The molecule has 3 heterocycles. The molecular formula is C18H29N8O7P. The first-order valence-corrected chi connectivity index (χ1v) is 12.2. The van der Waals surface area contributed by atoms with Crippen LogP contribution in [0.15, 0.2) is 11.4 Å². The number of nitrogens with zero attached hydrogens (tertiary/aromatic N) is 7. The van der Waals surface area contributed by atoms with Crippen molar-refractivity contribution >= 4 is 30.5 Å². The molecule has 1 saturated heterocycles. The fraction of sp³-hybridized carbons (Fsp3) is 0.722. The number of imidazole rings is 1. The average molecular weight is 500 g/mol. The number of nitrogen functional groups attached to an aromatic ring is 1. The van der Waals surface area contributed by atoms with Gasteiger partial charge in [0.1, 0.15) is 18.5 Å². The Morgan fingerprint density at radius 2 is 2.00 bits per heavy atom. The first-order valence-electron chi connectivity index (χ1n) is 10.6. The van der Waals surface area contributed by atoms with Gasteiger partial charge in [-0.25, -0.2) is 15.0 Å². The maximum Gasteiger partial charge on any atom is 0.359 e. The molecule has 7 atom stereocenters. The van der Waals surface area contributed by atoms with Crippen molar-refractivity contribution in [2.75, 3.05) is 5.73 Å². The third-order valence-electron chi connectivity index (χ3n) is 6.22. The quantitative estimate of drug-likeness (QED) is 0.144. The van der Waals surface area contributed by atoms with Gasteiger partial charge in [0.05, 0.1) is 11.7 Å². The zero-order valence-corrected chi connectivity index (χ0v) is 20.1. The van der Waals surface area contributed by atoms with Crippen molar-refractivity contribution in [2.45, 2.75) is 82.4 Å².